The molecule has 35 heavy (non-hydrogen) atoms. The third-order valence-corrected chi connectivity index (χ3v) is 5.91. The van der Waals surface area contributed by atoms with Gasteiger partial charge >= 0.3 is 11.6 Å². The summed E-state index contributed by atoms with van der Waals surface area (Å²) in [5.74, 6) is -0.935. The summed E-state index contributed by atoms with van der Waals surface area (Å²) in [4.78, 5) is 25.7. The van der Waals surface area contributed by atoms with Crippen molar-refractivity contribution in [1.82, 2.24) is 0 Å². The number of carboxylic acid groups (broad SMARTS) is 1. The van der Waals surface area contributed by atoms with E-state index in [-0.39, 0.29) is 11.2 Å². The molecule has 0 aliphatic heterocycles. The molecule has 0 saturated heterocycles. The Labute approximate surface area is 204 Å². The van der Waals surface area contributed by atoms with Crippen LogP contribution in [0, 0.1) is 0 Å². The van der Waals surface area contributed by atoms with Gasteiger partial charge in [0, 0.05) is 31.2 Å². The maximum Gasteiger partial charge on any atom is 0.343 e. The summed E-state index contributed by atoms with van der Waals surface area (Å²) >= 11 is 0. The third kappa shape index (κ3) is 5.41. The average molecular weight is 466 g/mol. The molecule has 0 bridgehead atoms. The summed E-state index contributed by atoms with van der Waals surface area (Å²) < 4.78 is 5.65. The van der Waals surface area contributed by atoms with Gasteiger partial charge in [-0.15, -0.1) is 0 Å². The van der Waals surface area contributed by atoms with E-state index in [1.54, 1.807) is 24.3 Å². The lowest BCUT2D eigenvalue weighted by atomic mass is 10.0. The van der Waals surface area contributed by atoms with E-state index in [0.29, 0.717) is 11.1 Å². The molecule has 5 nitrogen and oxygen atoms in total. The van der Waals surface area contributed by atoms with Gasteiger partial charge in [0.1, 0.15) is 5.58 Å². The number of fused-ring (bicyclic) bond motifs is 1. The number of carboxylic acids is 1. The lowest BCUT2D eigenvalue weighted by Crippen LogP contribution is -2.10. The topological polar surface area (TPSA) is 70.7 Å². The van der Waals surface area contributed by atoms with Gasteiger partial charge in [0.05, 0.1) is 11.1 Å². The molecule has 0 amide bonds. The maximum absolute atomic E-state index is 12.8. The van der Waals surface area contributed by atoms with E-state index >= 15 is 0 Å². The van der Waals surface area contributed by atoms with Gasteiger partial charge in [-0.2, -0.15) is 0 Å². The van der Waals surface area contributed by atoms with Crippen molar-refractivity contribution in [2.24, 2.45) is 0 Å². The molecule has 176 valence electrons. The van der Waals surface area contributed by atoms with Gasteiger partial charge in [-0.1, -0.05) is 61.5 Å². The van der Waals surface area contributed by atoms with Crippen LogP contribution >= 0.6 is 0 Å². The van der Waals surface area contributed by atoms with Crippen LogP contribution in [0.2, 0.25) is 0 Å². The Bertz CT molecular complexity index is 1470. The van der Waals surface area contributed by atoms with Crippen molar-refractivity contribution in [1.29, 1.82) is 0 Å². The zero-order valence-electron chi connectivity index (χ0n) is 20.0. The quantitative estimate of drug-likeness (QED) is 0.250. The molecule has 5 heteroatoms. The van der Waals surface area contributed by atoms with Crippen LogP contribution in [0.1, 0.15) is 45.1 Å². The number of benzene rings is 3. The van der Waals surface area contributed by atoms with Gasteiger partial charge in [-0.25, -0.2) is 9.59 Å². The number of hydrogen-bond acceptors (Lipinski definition) is 4. The Balaban J connectivity index is 1.55. The first-order valence-electron chi connectivity index (χ1n) is 11.4. The second-order valence-corrected chi connectivity index (χ2v) is 8.47. The molecule has 0 aliphatic carbocycles. The monoisotopic (exact) mass is 465 g/mol. The fourth-order valence-corrected chi connectivity index (χ4v) is 3.92. The molecular weight excluding hydrogens is 438 g/mol. The molecular formula is C30H27NO4. The van der Waals surface area contributed by atoms with Crippen molar-refractivity contribution in [2.45, 2.75) is 13.3 Å². The lowest BCUT2D eigenvalue weighted by Gasteiger charge is -2.14. The van der Waals surface area contributed by atoms with E-state index in [4.69, 9.17) is 9.52 Å². The summed E-state index contributed by atoms with van der Waals surface area (Å²) in [5.41, 5.74) is 5.97. The van der Waals surface area contributed by atoms with Crippen LogP contribution in [0.3, 0.4) is 0 Å². The smallest absolute Gasteiger partial charge is 0.343 e. The number of aromatic carboxylic acids is 1. The highest BCUT2D eigenvalue weighted by Gasteiger charge is 2.12. The van der Waals surface area contributed by atoms with Gasteiger partial charge < -0.3 is 14.4 Å². The predicted octanol–water partition coefficient (Wildman–Crippen LogP) is 6.46. The van der Waals surface area contributed by atoms with Gasteiger partial charge in [0.15, 0.2) is 0 Å². The van der Waals surface area contributed by atoms with Crippen LogP contribution in [0.15, 0.2) is 75.9 Å². The van der Waals surface area contributed by atoms with Crippen molar-refractivity contribution < 1.29 is 14.3 Å². The van der Waals surface area contributed by atoms with Crippen molar-refractivity contribution in [3.8, 4) is 0 Å². The first kappa shape index (κ1) is 23.8. The Morgan fingerprint density at radius 2 is 1.40 bits per heavy atom. The van der Waals surface area contributed by atoms with Crippen LogP contribution in [0.25, 0.3) is 35.3 Å². The minimum absolute atomic E-state index is 0.267. The fraction of sp³-hybridized carbons (Fsp3) is 0.133. The van der Waals surface area contributed by atoms with Crippen LogP contribution in [-0.2, 0) is 6.42 Å². The molecule has 0 spiro atoms. The SMILES string of the molecule is CCc1c(/C=C/c2ccc(/C=C/c3ccc(C(=O)O)cc3)cc2)c(=O)oc2cc(N(C)C)ccc12. The van der Waals surface area contributed by atoms with E-state index in [1.165, 1.54) is 0 Å². The number of nitrogens with zero attached hydrogens (tertiary/aromatic N) is 1. The maximum atomic E-state index is 12.8. The normalized spacial score (nSPS) is 11.5. The zero-order chi connectivity index (χ0) is 24.9. The first-order valence-corrected chi connectivity index (χ1v) is 11.4. The van der Waals surface area contributed by atoms with E-state index in [9.17, 15) is 9.59 Å². The molecule has 4 aromatic rings. The highest BCUT2D eigenvalue weighted by molar-refractivity contribution is 5.88. The van der Waals surface area contributed by atoms with E-state index in [0.717, 1.165) is 39.7 Å². The number of rotatable bonds is 7. The highest BCUT2D eigenvalue weighted by atomic mass is 16.4. The van der Waals surface area contributed by atoms with Crippen LogP contribution in [-0.4, -0.2) is 25.2 Å². The van der Waals surface area contributed by atoms with Gasteiger partial charge in [0.2, 0.25) is 0 Å². The van der Waals surface area contributed by atoms with E-state index in [2.05, 4.69) is 0 Å². The highest BCUT2D eigenvalue weighted by Crippen LogP contribution is 2.26. The lowest BCUT2D eigenvalue weighted by molar-refractivity contribution is 0.0697. The third-order valence-electron chi connectivity index (χ3n) is 5.91. The molecule has 0 atom stereocenters. The zero-order valence-corrected chi connectivity index (χ0v) is 20.0. The van der Waals surface area contributed by atoms with Crippen molar-refractivity contribution in [3.05, 3.63) is 111 Å². The molecule has 1 aromatic heterocycles. The number of anilines is 1. The standard InChI is InChI=1S/C30H27NO4/c1-4-25-26-18-16-24(31(2)3)19-28(26)35-30(34)27(25)17-13-21-8-5-20(6-9-21)7-10-22-11-14-23(15-12-22)29(32)33/h5-19H,4H2,1-3H3,(H,32,33)/b10-7+,17-13+. The van der Waals surface area contributed by atoms with E-state index < -0.39 is 5.97 Å². The summed E-state index contributed by atoms with van der Waals surface area (Å²) in [7, 11) is 3.91. The minimum Gasteiger partial charge on any atom is -0.478 e. The molecule has 0 saturated carbocycles. The van der Waals surface area contributed by atoms with Crippen molar-refractivity contribution in [2.75, 3.05) is 19.0 Å². The summed E-state index contributed by atoms with van der Waals surface area (Å²) in [5, 5.41) is 9.95. The van der Waals surface area contributed by atoms with E-state index in [1.807, 2.05) is 92.7 Å². The summed E-state index contributed by atoms with van der Waals surface area (Å²) in [6, 6.07) is 20.6. The molecule has 0 fully saturated rings. The fourth-order valence-electron chi connectivity index (χ4n) is 3.92. The van der Waals surface area contributed by atoms with Crippen LogP contribution in [0.5, 0.6) is 0 Å². The molecule has 4 rings (SSSR count). The number of hydrogen-bond donors (Lipinski definition) is 1. The number of carbonyl (C=O) groups is 1. The first-order chi connectivity index (χ1) is 16.9. The molecule has 0 aliphatic rings. The second-order valence-electron chi connectivity index (χ2n) is 8.47. The Morgan fingerprint density at radius 3 is 1.91 bits per heavy atom. The summed E-state index contributed by atoms with van der Waals surface area (Å²) in [6.07, 6.45) is 8.38. The Hall–Kier alpha value is -4.38. The molecule has 3 aromatic carbocycles. The second kappa shape index (κ2) is 10.3. The Morgan fingerprint density at radius 1 is 0.857 bits per heavy atom. The van der Waals surface area contributed by atoms with Gasteiger partial charge in [0.25, 0.3) is 0 Å². The molecule has 1 N–H and O–H groups in total. The summed E-state index contributed by atoms with van der Waals surface area (Å²) in [6.45, 7) is 2.04. The largest absolute Gasteiger partial charge is 0.478 e. The van der Waals surface area contributed by atoms with Crippen molar-refractivity contribution in [3.63, 3.8) is 0 Å². The predicted molar refractivity (Wildman–Crippen MR) is 144 cm³/mol. The van der Waals surface area contributed by atoms with Gasteiger partial charge in [-0.05, 0) is 59.0 Å². The number of aryl methyl sites for hydroxylation is 1. The minimum atomic E-state index is -0.935. The molecule has 1 heterocycles. The average Bonchev–Trinajstić information content (AvgIpc) is 2.86. The van der Waals surface area contributed by atoms with Crippen LogP contribution < -0.4 is 10.5 Å². The Kier molecular flexibility index (Phi) is 6.97. The van der Waals surface area contributed by atoms with Gasteiger partial charge in [-0.3, -0.25) is 0 Å². The molecule has 0 unspecified atom stereocenters. The van der Waals surface area contributed by atoms with Crippen LogP contribution in [0.4, 0.5) is 5.69 Å². The molecule has 0 radical (unpaired) electrons. The van der Waals surface area contributed by atoms with Crippen molar-refractivity contribution >= 4 is 46.9 Å².